The van der Waals surface area contributed by atoms with E-state index in [9.17, 15) is 5.11 Å². The SMILES string of the molecule is Cc1cc(C)c(CN2CCCC2c2ccccn2)c(C)c1CO. The number of nitrogens with zero attached hydrogens (tertiary/aromatic N) is 2. The maximum Gasteiger partial charge on any atom is 0.0687 e. The van der Waals surface area contributed by atoms with E-state index in [-0.39, 0.29) is 6.61 Å². The Morgan fingerprint density at radius 1 is 1.17 bits per heavy atom. The van der Waals surface area contributed by atoms with Gasteiger partial charge in [0.25, 0.3) is 0 Å². The Labute approximate surface area is 139 Å². The van der Waals surface area contributed by atoms with Crippen LogP contribution in [-0.2, 0) is 13.2 Å². The molecule has 3 rings (SSSR count). The molecule has 3 heteroatoms. The molecule has 122 valence electrons. The highest BCUT2D eigenvalue weighted by atomic mass is 16.3. The van der Waals surface area contributed by atoms with Gasteiger partial charge in [-0.3, -0.25) is 9.88 Å². The number of aryl methyl sites for hydroxylation is 2. The monoisotopic (exact) mass is 310 g/mol. The van der Waals surface area contributed by atoms with E-state index in [4.69, 9.17) is 0 Å². The zero-order chi connectivity index (χ0) is 16.4. The number of aromatic nitrogens is 1. The van der Waals surface area contributed by atoms with Crippen molar-refractivity contribution in [2.45, 2.75) is 52.8 Å². The molecule has 1 aliphatic heterocycles. The molecule has 2 heterocycles. The van der Waals surface area contributed by atoms with Crippen molar-refractivity contribution < 1.29 is 5.11 Å². The predicted molar refractivity (Wildman–Crippen MR) is 93.2 cm³/mol. The van der Waals surface area contributed by atoms with Gasteiger partial charge in [0.05, 0.1) is 18.3 Å². The van der Waals surface area contributed by atoms with Crippen molar-refractivity contribution in [1.29, 1.82) is 0 Å². The summed E-state index contributed by atoms with van der Waals surface area (Å²) in [5, 5.41) is 9.68. The third-order valence-electron chi connectivity index (χ3n) is 5.20. The van der Waals surface area contributed by atoms with Crippen molar-refractivity contribution >= 4 is 0 Å². The fourth-order valence-corrected chi connectivity index (χ4v) is 3.89. The van der Waals surface area contributed by atoms with E-state index in [0.29, 0.717) is 6.04 Å². The maximum atomic E-state index is 9.68. The summed E-state index contributed by atoms with van der Waals surface area (Å²) in [6, 6.07) is 8.81. The van der Waals surface area contributed by atoms with E-state index in [1.165, 1.54) is 40.8 Å². The molecule has 0 aliphatic carbocycles. The standard InChI is InChI=1S/C20H26N2O/c1-14-11-15(2)18(13-23)16(3)17(14)12-22-10-6-8-20(22)19-7-4-5-9-21-19/h4-5,7,9,11,20,23H,6,8,10,12-13H2,1-3H3. The van der Waals surface area contributed by atoms with Crippen LogP contribution in [0.15, 0.2) is 30.5 Å². The van der Waals surface area contributed by atoms with Crippen LogP contribution in [0.25, 0.3) is 0 Å². The quantitative estimate of drug-likeness (QED) is 0.932. The summed E-state index contributed by atoms with van der Waals surface area (Å²) in [5.74, 6) is 0. The minimum absolute atomic E-state index is 0.120. The van der Waals surface area contributed by atoms with Crippen molar-refractivity contribution in [3.63, 3.8) is 0 Å². The first kappa shape index (κ1) is 16.2. The lowest BCUT2D eigenvalue weighted by atomic mass is 9.93. The molecule has 1 N–H and O–H groups in total. The highest BCUT2D eigenvalue weighted by molar-refractivity contribution is 5.44. The van der Waals surface area contributed by atoms with Crippen LogP contribution >= 0.6 is 0 Å². The maximum absolute atomic E-state index is 9.68. The van der Waals surface area contributed by atoms with Crippen molar-refractivity contribution in [2.75, 3.05) is 6.54 Å². The molecule has 1 aliphatic rings. The van der Waals surface area contributed by atoms with Crippen molar-refractivity contribution in [3.05, 3.63) is 64.0 Å². The van der Waals surface area contributed by atoms with Crippen LogP contribution in [0.5, 0.6) is 0 Å². The average molecular weight is 310 g/mol. The molecule has 1 unspecified atom stereocenters. The van der Waals surface area contributed by atoms with Gasteiger partial charge in [0.1, 0.15) is 0 Å². The first-order valence-electron chi connectivity index (χ1n) is 8.46. The van der Waals surface area contributed by atoms with Crippen LogP contribution in [0.1, 0.15) is 52.4 Å². The van der Waals surface area contributed by atoms with Crippen LogP contribution in [0.3, 0.4) is 0 Å². The van der Waals surface area contributed by atoms with Crippen LogP contribution in [0.2, 0.25) is 0 Å². The summed E-state index contributed by atoms with van der Waals surface area (Å²) in [4.78, 5) is 7.10. The highest BCUT2D eigenvalue weighted by Gasteiger charge is 2.27. The lowest BCUT2D eigenvalue weighted by Gasteiger charge is -2.27. The Morgan fingerprint density at radius 2 is 1.96 bits per heavy atom. The molecule has 0 spiro atoms. The smallest absolute Gasteiger partial charge is 0.0687 e. The summed E-state index contributed by atoms with van der Waals surface area (Å²) < 4.78 is 0. The molecule has 0 radical (unpaired) electrons. The molecule has 0 amide bonds. The summed E-state index contributed by atoms with van der Waals surface area (Å²) >= 11 is 0. The van der Waals surface area contributed by atoms with Gasteiger partial charge in [-0.15, -0.1) is 0 Å². The van der Waals surface area contributed by atoms with E-state index >= 15 is 0 Å². The fourth-order valence-electron chi connectivity index (χ4n) is 3.89. The minimum atomic E-state index is 0.120. The highest BCUT2D eigenvalue weighted by Crippen LogP contribution is 2.34. The van der Waals surface area contributed by atoms with Crippen LogP contribution in [0.4, 0.5) is 0 Å². The van der Waals surface area contributed by atoms with Crippen molar-refractivity contribution in [2.24, 2.45) is 0 Å². The summed E-state index contributed by atoms with van der Waals surface area (Å²) in [6.07, 6.45) is 4.28. The average Bonchev–Trinajstić information content (AvgIpc) is 3.01. The van der Waals surface area contributed by atoms with Crippen molar-refractivity contribution in [1.82, 2.24) is 9.88 Å². The van der Waals surface area contributed by atoms with Crippen LogP contribution in [-0.4, -0.2) is 21.5 Å². The molecule has 1 aromatic heterocycles. The van der Waals surface area contributed by atoms with E-state index < -0.39 is 0 Å². The molecular weight excluding hydrogens is 284 g/mol. The van der Waals surface area contributed by atoms with Crippen LogP contribution in [0, 0.1) is 20.8 Å². The normalized spacial score (nSPS) is 18.5. The first-order chi connectivity index (χ1) is 11.1. The Morgan fingerprint density at radius 3 is 2.65 bits per heavy atom. The Balaban J connectivity index is 1.90. The molecule has 23 heavy (non-hydrogen) atoms. The van der Waals surface area contributed by atoms with E-state index in [1.54, 1.807) is 0 Å². The number of aliphatic hydroxyl groups excluding tert-OH is 1. The van der Waals surface area contributed by atoms with Crippen LogP contribution < -0.4 is 0 Å². The third-order valence-corrected chi connectivity index (χ3v) is 5.20. The van der Waals surface area contributed by atoms with Gasteiger partial charge in [0.15, 0.2) is 0 Å². The number of pyridine rings is 1. The van der Waals surface area contributed by atoms with Gasteiger partial charge in [-0.2, -0.15) is 0 Å². The second kappa shape index (κ2) is 6.81. The molecule has 1 atom stereocenters. The van der Waals surface area contributed by atoms with E-state index in [2.05, 4.69) is 48.9 Å². The fraction of sp³-hybridized carbons (Fsp3) is 0.450. The topological polar surface area (TPSA) is 36.4 Å². The minimum Gasteiger partial charge on any atom is -0.392 e. The molecule has 2 aromatic rings. The molecule has 0 bridgehead atoms. The summed E-state index contributed by atoms with van der Waals surface area (Å²) in [5.41, 5.74) is 7.38. The number of benzene rings is 1. The lowest BCUT2D eigenvalue weighted by Crippen LogP contribution is -2.24. The van der Waals surface area contributed by atoms with E-state index in [0.717, 1.165) is 18.7 Å². The summed E-state index contributed by atoms with van der Waals surface area (Å²) in [6.45, 7) is 8.58. The first-order valence-corrected chi connectivity index (χ1v) is 8.46. The Kier molecular flexibility index (Phi) is 4.79. The third kappa shape index (κ3) is 3.17. The molecule has 1 aromatic carbocycles. The number of rotatable bonds is 4. The largest absolute Gasteiger partial charge is 0.392 e. The number of aliphatic hydroxyl groups is 1. The second-order valence-electron chi connectivity index (χ2n) is 6.63. The van der Waals surface area contributed by atoms with Gasteiger partial charge in [-0.05, 0) is 80.1 Å². The molecule has 3 nitrogen and oxygen atoms in total. The molecule has 1 saturated heterocycles. The summed E-state index contributed by atoms with van der Waals surface area (Å²) in [7, 11) is 0. The lowest BCUT2D eigenvalue weighted by molar-refractivity contribution is 0.242. The number of hydrogen-bond acceptors (Lipinski definition) is 3. The van der Waals surface area contributed by atoms with E-state index in [1.807, 2.05) is 12.3 Å². The van der Waals surface area contributed by atoms with Gasteiger partial charge in [0.2, 0.25) is 0 Å². The molecular formula is C20H26N2O. The number of hydrogen-bond donors (Lipinski definition) is 1. The molecule has 1 fully saturated rings. The Bertz CT molecular complexity index is 682. The van der Waals surface area contributed by atoms with Crippen molar-refractivity contribution in [3.8, 4) is 0 Å². The van der Waals surface area contributed by atoms with Gasteiger partial charge in [-0.25, -0.2) is 0 Å². The van der Waals surface area contributed by atoms with Gasteiger partial charge in [0, 0.05) is 12.7 Å². The zero-order valence-electron chi connectivity index (χ0n) is 14.3. The van der Waals surface area contributed by atoms with Gasteiger partial charge >= 0.3 is 0 Å². The molecule has 0 saturated carbocycles. The number of likely N-dealkylation sites (tertiary alicyclic amines) is 1. The zero-order valence-corrected chi connectivity index (χ0v) is 14.3. The second-order valence-corrected chi connectivity index (χ2v) is 6.63. The Hall–Kier alpha value is -1.71. The van der Waals surface area contributed by atoms with Gasteiger partial charge in [-0.1, -0.05) is 12.1 Å². The predicted octanol–water partition coefficient (Wildman–Crippen LogP) is 3.84. The van der Waals surface area contributed by atoms with Gasteiger partial charge < -0.3 is 5.11 Å².